The van der Waals surface area contributed by atoms with Crippen LogP contribution in [0.15, 0.2) is 54.6 Å². The van der Waals surface area contributed by atoms with Crippen molar-refractivity contribution in [3.05, 3.63) is 65.2 Å². The average Bonchev–Trinajstić information content (AvgIpc) is 2.61. The highest BCUT2D eigenvalue weighted by Crippen LogP contribution is 2.32. The van der Waals surface area contributed by atoms with E-state index in [-0.39, 0.29) is 5.82 Å². The van der Waals surface area contributed by atoms with E-state index < -0.39 is 0 Å². The summed E-state index contributed by atoms with van der Waals surface area (Å²) in [7, 11) is 3.97. The predicted octanol–water partition coefficient (Wildman–Crippen LogP) is 4.59. The molecule has 124 valence electrons. The van der Waals surface area contributed by atoms with Crippen molar-refractivity contribution in [3.63, 3.8) is 0 Å². The highest BCUT2D eigenvalue weighted by Gasteiger charge is 2.13. The molecule has 1 heterocycles. The summed E-state index contributed by atoms with van der Waals surface area (Å²) in [5.74, 6) is 0.215. The second-order valence-electron chi connectivity index (χ2n) is 5.88. The van der Waals surface area contributed by atoms with Crippen LogP contribution in [0, 0.1) is 11.3 Å². The molecule has 0 bridgehead atoms. The molecule has 0 atom stereocenters. The molecule has 0 amide bonds. The number of halogens is 1. The van der Waals surface area contributed by atoms with Crippen LogP contribution in [0.4, 0.5) is 11.5 Å². The topological polar surface area (TPSA) is 65.9 Å². The molecule has 0 aliphatic heterocycles. The highest BCUT2D eigenvalue weighted by atomic mass is 35.5. The molecule has 2 aromatic carbocycles. The van der Waals surface area contributed by atoms with Crippen molar-refractivity contribution in [2.45, 2.75) is 0 Å². The highest BCUT2D eigenvalue weighted by molar-refractivity contribution is 6.30. The summed E-state index contributed by atoms with van der Waals surface area (Å²) in [5.41, 5.74) is 10.7. The normalized spacial score (nSPS) is 10.3. The Morgan fingerprint density at radius 1 is 1.04 bits per heavy atom. The van der Waals surface area contributed by atoms with Crippen LogP contribution in [-0.2, 0) is 0 Å². The monoisotopic (exact) mass is 348 g/mol. The fourth-order valence-corrected chi connectivity index (χ4v) is 2.84. The summed E-state index contributed by atoms with van der Waals surface area (Å²) in [5, 5.41) is 10.1. The third-order valence-electron chi connectivity index (χ3n) is 3.97. The van der Waals surface area contributed by atoms with Gasteiger partial charge in [-0.2, -0.15) is 5.26 Å². The van der Waals surface area contributed by atoms with Crippen LogP contribution in [0.1, 0.15) is 5.56 Å². The van der Waals surface area contributed by atoms with Gasteiger partial charge in [0.15, 0.2) is 0 Å². The van der Waals surface area contributed by atoms with Gasteiger partial charge in [0.1, 0.15) is 17.5 Å². The van der Waals surface area contributed by atoms with Crippen molar-refractivity contribution in [3.8, 4) is 28.5 Å². The van der Waals surface area contributed by atoms with Crippen molar-refractivity contribution < 1.29 is 0 Å². The largest absolute Gasteiger partial charge is 0.383 e. The Hall–Kier alpha value is -3.03. The second kappa shape index (κ2) is 6.84. The third kappa shape index (κ3) is 3.42. The Kier molecular flexibility index (Phi) is 4.60. The van der Waals surface area contributed by atoms with Gasteiger partial charge in [-0.25, -0.2) is 4.98 Å². The lowest BCUT2D eigenvalue weighted by molar-refractivity contribution is 1.13. The first-order valence-electron chi connectivity index (χ1n) is 7.74. The molecule has 0 aliphatic carbocycles. The van der Waals surface area contributed by atoms with Crippen LogP contribution in [0.3, 0.4) is 0 Å². The number of hydrogen-bond donors (Lipinski definition) is 1. The number of rotatable bonds is 3. The number of benzene rings is 2. The van der Waals surface area contributed by atoms with E-state index >= 15 is 0 Å². The molecular weight excluding hydrogens is 332 g/mol. The van der Waals surface area contributed by atoms with Crippen molar-refractivity contribution in [1.82, 2.24) is 4.98 Å². The molecule has 2 N–H and O–H groups in total. The van der Waals surface area contributed by atoms with Gasteiger partial charge in [0, 0.05) is 35.9 Å². The van der Waals surface area contributed by atoms with E-state index in [1.54, 1.807) is 6.07 Å². The first kappa shape index (κ1) is 16.8. The van der Waals surface area contributed by atoms with Crippen molar-refractivity contribution in [2.75, 3.05) is 24.7 Å². The maximum absolute atomic E-state index is 9.51. The second-order valence-corrected chi connectivity index (χ2v) is 6.32. The molecule has 0 aliphatic rings. The van der Waals surface area contributed by atoms with E-state index in [1.807, 2.05) is 67.5 Å². The zero-order valence-electron chi connectivity index (χ0n) is 14.0. The summed E-state index contributed by atoms with van der Waals surface area (Å²) >= 11 is 6.08. The van der Waals surface area contributed by atoms with Crippen LogP contribution in [0.25, 0.3) is 22.4 Å². The van der Waals surface area contributed by atoms with Crippen LogP contribution < -0.4 is 10.6 Å². The van der Waals surface area contributed by atoms with Crippen LogP contribution >= 0.6 is 11.6 Å². The Balaban J connectivity index is 2.16. The first-order valence-corrected chi connectivity index (χ1v) is 8.11. The van der Waals surface area contributed by atoms with E-state index in [0.717, 1.165) is 22.4 Å². The van der Waals surface area contributed by atoms with Crippen molar-refractivity contribution >= 4 is 23.1 Å². The standard InChI is InChI=1S/C20H17ClN4/c1-25(2)16-8-6-13(7-9-16)17-11-19(24-20(23)18(17)12-22)14-4-3-5-15(21)10-14/h3-11H,1-2H3,(H2,23,24). The summed E-state index contributed by atoms with van der Waals surface area (Å²) in [6.07, 6.45) is 0. The molecule has 0 saturated carbocycles. The number of nitrogens with zero attached hydrogens (tertiary/aromatic N) is 3. The number of pyridine rings is 1. The van der Waals surface area contributed by atoms with Crippen molar-refractivity contribution in [1.29, 1.82) is 5.26 Å². The number of anilines is 2. The van der Waals surface area contributed by atoms with E-state index in [0.29, 0.717) is 16.3 Å². The first-order chi connectivity index (χ1) is 12.0. The summed E-state index contributed by atoms with van der Waals surface area (Å²) in [6.45, 7) is 0. The maximum Gasteiger partial charge on any atom is 0.142 e. The molecule has 0 radical (unpaired) electrons. The Bertz CT molecular complexity index is 956. The number of hydrogen-bond acceptors (Lipinski definition) is 4. The fourth-order valence-electron chi connectivity index (χ4n) is 2.64. The zero-order valence-corrected chi connectivity index (χ0v) is 14.7. The lowest BCUT2D eigenvalue weighted by Crippen LogP contribution is -2.08. The van der Waals surface area contributed by atoms with Crippen LogP contribution in [0.5, 0.6) is 0 Å². The number of nitriles is 1. The number of aromatic nitrogens is 1. The molecule has 4 nitrogen and oxygen atoms in total. The molecule has 3 aromatic rings. The molecule has 3 rings (SSSR count). The summed E-state index contributed by atoms with van der Waals surface area (Å²) < 4.78 is 0. The van der Waals surface area contributed by atoms with E-state index in [1.165, 1.54) is 0 Å². The van der Waals surface area contributed by atoms with E-state index in [2.05, 4.69) is 11.1 Å². The molecule has 25 heavy (non-hydrogen) atoms. The molecule has 5 heteroatoms. The van der Waals surface area contributed by atoms with Gasteiger partial charge in [0.25, 0.3) is 0 Å². The lowest BCUT2D eigenvalue weighted by Gasteiger charge is -2.14. The van der Waals surface area contributed by atoms with E-state index in [4.69, 9.17) is 17.3 Å². The smallest absolute Gasteiger partial charge is 0.142 e. The predicted molar refractivity (Wildman–Crippen MR) is 104 cm³/mol. The summed E-state index contributed by atoms with van der Waals surface area (Å²) in [4.78, 5) is 6.40. The fraction of sp³-hybridized carbons (Fsp3) is 0.100. The van der Waals surface area contributed by atoms with Gasteiger partial charge in [-0.3, -0.25) is 0 Å². The minimum atomic E-state index is 0.215. The van der Waals surface area contributed by atoms with Crippen molar-refractivity contribution in [2.24, 2.45) is 0 Å². The number of nitrogen functional groups attached to an aromatic ring is 1. The molecule has 0 unspecified atom stereocenters. The molecule has 0 spiro atoms. The minimum absolute atomic E-state index is 0.215. The Morgan fingerprint density at radius 3 is 2.36 bits per heavy atom. The molecular formula is C20H17ClN4. The van der Waals surface area contributed by atoms with Gasteiger partial charge in [0.05, 0.1) is 5.69 Å². The zero-order chi connectivity index (χ0) is 18.0. The quantitative estimate of drug-likeness (QED) is 0.751. The molecule has 1 aromatic heterocycles. The average molecular weight is 349 g/mol. The Morgan fingerprint density at radius 2 is 1.76 bits per heavy atom. The van der Waals surface area contributed by atoms with Gasteiger partial charge < -0.3 is 10.6 Å². The Labute approximate surface area is 152 Å². The SMILES string of the molecule is CN(C)c1ccc(-c2cc(-c3cccc(Cl)c3)nc(N)c2C#N)cc1. The third-order valence-corrected chi connectivity index (χ3v) is 4.21. The van der Waals surface area contributed by atoms with E-state index in [9.17, 15) is 5.26 Å². The van der Waals surface area contributed by atoms with Crippen LogP contribution in [-0.4, -0.2) is 19.1 Å². The van der Waals surface area contributed by atoms with Crippen LogP contribution in [0.2, 0.25) is 5.02 Å². The lowest BCUT2D eigenvalue weighted by atomic mass is 9.98. The van der Waals surface area contributed by atoms with Gasteiger partial charge in [-0.1, -0.05) is 35.9 Å². The molecule has 0 fully saturated rings. The number of nitrogens with two attached hydrogens (primary N) is 1. The van der Waals surface area contributed by atoms with Gasteiger partial charge in [-0.15, -0.1) is 0 Å². The molecule has 0 saturated heterocycles. The van der Waals surface area contributed by atoms with Gasteiger partial charge in [-0.05, 0) is 35.9 Å². The minimum Gasteiger partial charge on any atom is -0.383 e. The summed E-state index contributed by atoms with van der Waals surface area (Å²) in [6, 6.07) is 19.4. The van der Waals surface area contributed by atoms with Gasteiger partial charge >= 0.3 is 0 Å². The maximum atomic E-state index is 9.51. The van der Waals surface area contributed by atoms with Gasteiger partial charge in [0.2, 0.25) is 0 Å².